The number of halogens is 1. The second-order valence-corrected chi connectivity index (χ2v) is 3.42. The van der Waals surface area contributed by atoms with E-state index in [0.29, 0.717) is 5.54 Å². The standard InChI is InChI=1S/C8H16ClN/c1-2-10-8(7-9)5-3-4-6-8/h10H,2-7H2,1H3. The van der Waals surface area contributed by atoms with Crippen molar-refractivity contribution in [2.24, 2.45) is 0 Å². The van der Waals surface area contributed by atoms with Crippen LogP contribution in [-0.4, -0.2) is 18.0 Å². The molecule has 0 amide bonds. The van der Waals surface area contributed by atoms with Crippen LogP contribution < -0.4 is 5.32 Å². The van der Waals surface area contributed by atoms with Crippen molar-refractivity contribution in [3.05, 3.63) is 0 Å². The topological polar surface area (TPSA) is 12.0 Å². The van der Waals surface area contributed by atoms with Crippen molar-refractivity contribution in [3.8, 4) is 0 Å². The van der Waals surface area contributed by atoms with Gasteiger partial charge in [-0.25, -0.2) is 0 Å². The fourth-order valence-corrected chi connectivity index (χ4v) is 2.15. The van der Waals surface area contributed by atoms with E-state index in [9.17, 15) is 0 Å². The summed E-state index contributed by atoms with van der Waals surface area (Å²) in [6.45, 7) is 3.19. The predicted octanol–water partition coefficient (Wildman–Crippen LogP) is 2.15. The minimum atomic E-state index is 0.302. The Morgan fingerprint density at radius 2 is 2.00 bits per heavy atom. The first-order chi connectivity index (χ1) is 4.83. The molecule has 0 radical (unpaired) electrons. The Morgan fingerprint density at radius 3 is 2.40 bits per heavy atom. The van der Waals surface area contributed by atoms with Crippen LogP contribution in [0.2, 0.25) is 0 Å². The molecule has 60 valence electrons. The summed E-state index contributed by atoms with van der Waals surface area (Å²) in [6, 6.07) is 0. The average Bonchev–Trinajstić information content (AvgIpc) is 2.39. The van der Waals surface area contributed by atoms with Crippen molar-refractivity contribution >= 4 is 11.6 Å². The fourth-order valence-electron chi connectivity index (χ4n) is 1.78. The molecule has 1 N–H and O–H groups in total. The first-order valence-electron chi connectivity index (χ1n) is 4.14. The van der Waals surface area contributed by atoms with E-state index in [0.717, 1.165) is 12.4 Å². The molecule has 0 aromatic rings. The van der Waals surface area contributed by atoms with Gasteiger partial charge in [0.25, 0.3) is 0 Å². The van der Waals surface area contributed by atoms with Gasteiger partial charge in [0.15, 0.2) is 0 Å². The Kier molecular flexibility index (Phi) is 2.99. The summed E-state index contributed by atoms with van der Waals surface area (Å²) in [5, 5.41) is 3.48. The fraction of sp³-hybridized carbons (Fsp3) is 1.00. The Balaban J connectivity index is 2.41. The van der Waals surface area contributed by atoms with E-state index in [1.54, 1.807) is 0 Å². The largest absolute Gasteiger partial charge is 0.310 e. The molecule has 0 aromatic carbocycles. The number of rotatable bonds is 3. The van der Waals surface area contributed by atoms with E-state index in [-0.39, 0.29) is 0 Å². The van der Waals surface area contributed by atoms with Gasteiger partial charge in [-0.05, 0) is 19.4 Å². The number of alkyl halides is 1. The SMILES string of the molecule is CCNC1(CCl)CCCC1. The van der Waals surface area contributed by atoms with Crippen LogP contribution in [0.4, 0.5) is 0 Å². The molecular formula is C8H16ClN. The maximum atomic E-state index is 5.88. The van der Waals surface area contributed by atoms with Gasteiger partial charge in [0, 0.05) is 11.4 Å². The van der Waals surface area contributed by atoms with Crippen molar-refractivity contribution in [2.75, 3.05) is 12.4 Å². The van der Waals surface area contributed by atoms with E-state index >= 15 is 0 Å². The van der Waals surface area contributed by atoms with E-state index in [2.05, 4.69) is 12.2 Å². The summed E-state index contributed by atoms with van der Waals surface area (Å²) in [4.78, 5) is 0. The second-order valence-electron chi connectivity index (χ2n) is 3.15. The zero-order valence-electron chi connectivity index (χ0n) is 6.62. The summed E-state index contributed by atoms with van der Waals surface area (Å²) in [7, 11) is 0. The Bertz CT molecular complexity index is 97.4. The molecule has 0 aromatic heterocycles. The molecule has 1 aliphatic rings. The van der Waals surface area contributed by atoms with Crippen molar-refractivity contribution in [1.82, 2.24) is 5.32 Å². The summed E-state index contributed by atoms with van der Waals surface area (Å²) >= 11 is 5.88. The third-order valence-corrected chi connectivity index (χ3v) is 2.88. The van der Waals surface area contributed by atoms with Gasteiger partial charge in [-0.2, -0.15) is 0 Å². The predicted molar refractivity (Wildman–Crippen MR) is 45.6 cm³/mol. The molecule has 2 heteroatoms. The van der Waals surface area contributed by atoms with Gasteiger partial charge in [0.1, 0.15) is 0 Å². The van der Waals surface area contributed by atoms with E-state index in [1.807, 2.05) is 0 Å². The lowest BCUT2D eigenvalue weighted by Crippen LogP contribution is -2.44. The van der Waals surface area contributed by atoms with Crippen LogP contribution in [0.15, 0.2) is 0 Å². The van der Waals surface area contributed by atoms with E-state index in [1.165, 1.54) is 25.7 Å². The summed E-state index contributed by atoms with van der Waals surface area (Å²) in [5.41, 5.74) is 0.302. The van der Waals surface area contributed by atoms with Crippen molar-refractivity contribution in [3.63, 3.8) is 0 Å². The molecule has 1 saturated carbocycles. The zero-order chi connectivity index (χ0) is 7.45. The summed E-state index contributed by atoms with van der Waals surface area (Å²) < 4.78 is 0. The highest BCUT2D eigenvalue weighted by atomic mass is 35.5. The summed E-state index contributed by atoms with van der Waals surface area (Å²) in [5.74, 6) is 0.779. The lowest BCUT2D eigenvalue weighted by atomic mass is 10.0. The van der Waals surface area contributed by atoms with Crippen molar-refractivity contribution < 1.29 is 0 Å². The van der Waals surface area contributed by atoms with Crippen LogP contribution in [0, 0.1) is 0 Å². The molecule has 1 fully saturated rings. The number of hydrogen-bond donors (Lipinski definition) is 1. The molecule has 0 unspecified atom stereocenters. The van der Waals surface area contributed by atoms with Crippen LogP contribution >= 0.6 is 11.6 Å². The number of hydrogen-bond acceptors (Lipinski definition) is 1. The quantitative estimate of drug-likeness (QED) is 0.626. The molecule has 0 aliphatic heterocycles. The summed E-state index contributed by atoms with van der Waals surface area (Å²) in [6.07, 6.45) is 5.23. The Hall–Kier alpha value is 0.250. The zero-order valence-corrected chi connectivity index (χ0v) is 7.38. The van der Waals surface area contributed by atoms with Gasteiger partial charge in [0.2, 0.25) is 0 Å². The molecule has 0 atom stereocenters. The van der Waals surface area contributed by atoms with Gasteiger partial charge in [0.05, 0.1) is 0 Å². The second kappa shape index (κ2) is 3.59. The monoisotopic (exact) mass is 161 g/mol. The molecule has 1 nitrogen and oxygen atoms in total. The molecule has 0 saturated heterocycles. The maximum absolute atomic E-state index is 5.88. The van der Waals surface area contributed by atoms with E-state index in [4.69, 9.17) is 11.6 Å². The van der Waals surface area contributed by atoms with Crippen LogP contribution in [0.25, 0.3) is 0 Å². The molecule has 1 aliphatic carbocycles. The third kappa shape index (κ3) is 1.64. The van der Waals surface area contributed by atoms with Gasteiger partial charge in [-0.15, -0.1) is 11.6 Å². The molecule has 10 heavy (non-hydrogen) atoms. The Morgan fingerprint density at radius 1 is 1.40 bits per heavy atom. The van der Waals surface area contributed by atoms with Gasteiger partial charge in [-0.1, -0.05) is 19.8 Å². The normalized spacial score (nSPS) is 23.4. The van der Waals surface area contributed by atoms with E-state index < -0.39 is 0 Å². The Labute approximate surface area is 68.1 Å². The van der Waals surface area contributed by atoms with Crippen LogP contribution in [-0.2, 0) is 0 Å². The highest BCUT2D eigenvalue weighted by molar-refractivity contribution is 6.18. The lowest BCUT2D eigenvalue weighted by molar-refractivity contribution is 0.380. The van der Waals surface area contributed by atoms with Crippen LogP contribution in [0.3, 0.4) is 0 Å². The molecule has 0 spiro atoms. The average molecular weight is 162 g/mol. The molecule has 0 heterocycles. The minimum absolute atomic E-state index is 0.302. The van der Waals surface area contributed by atoms with Crippen LogP contribution in [0.1, 0.15) is 32.6 Å². The highest BCUT2D eigenvalue weighted by Gasteiger charge is 2.31. The minimum Gasteiger partial charge on any atom is -0.310 e. The van der Waals surface area contributed by atoms with Gasteiger partial charge >= 0.3 is 0 Å². The molecule has 1 rings (SSSR count). The van der Waals surface area contributed by atoms with Crippen LogP contribution in [0.5, 0.6) is 0 Å². The molecular weight excluding hydrogens is 146 g/mol. The smallest absolute Gasteiger partial charge is 0.0406 e. The highest BCUT2D eigenvalue weighted by Crippen LogP contribution is 2.30. The molecule has 0 bridgehead atoms. The van der Waals surface area contributed by atoms with Crippen molar-refractivity contribution in [1.29, 1.82) is 0 Å². The first-order valence-corrected chi connectivity index (χ1v) is 4.67. The lowest BCUT2D eigenvalue weighted by Gasteiger charge is -2.26. The maximum Gasteiger partial charge on any atom is 0.0406 e. The van der Waals surface area contributed by atoms with Crippen molar-refractivity contribution in [2.45, 2.75) is 38.1 Å². The third-order valence-electron chi connectivity index (χ3n) is 2.37. The number of nitrogens with one attached hydrogen (secondary N) is 1. The van der Waals surface area contributed by atoms with Gasteiger partial charge in [-0.3, -0.25) is 0 Å². The van der Waals surface area contributed by atoms with Gasteiger partial charge < -0.3 is 5.32 Å². The first kappa shape index (κ1) is 8.35.